The van der Waals surface area contributed by atoms with E-state index in [0.717, 1.165) is 16.7 Å². The topological polar surface area (TPSA) is 102 Å². The molecule has 8 nitrogen and oxygen atoms in total. The molecule has 136 valence electrons. The molecule has 2 aromatic heterocycles. The summed E-state index contributed by atoms with van der Waals surface area (Å²) >= 11 is 0. The summed E-state index contributed by atoms with van der Waals surface area (Å²) in [6.07, 6.45) is -3.34. The van der Waals surface area contributed by atoms with E-state index in [1.807, 2.05) is 0 Å². The van der Waals surface area contributed by atoms with Crippen LogP contribution in [0, 0.1) is 0 Å². The Bertz CT molecular complexity index is 1110. The fraction of sp³-hybridized carbons (Fsp3) is 0.200. The molecule has 1 amide bonds. The number of H-pyrrole nitrogens is 1. The lowest BCUT2D eigenvalue weighted by Gasteiger charge is -2.10. The Balaban J connectivity index is 1.86. The average molecular weight is 367 g/mol. The molecule has 0 atom stereocenters. The molecule has 0 aliphatic rings. The molecule has 3 rings (SSSR count). The summed E-state index contributed by atoms with van der Waals surface area (Å²) in [4.78, 5) is 42.0. The molecule has 0 radical (unpaired) electrons. The minimum absolute atomic E-state index is 0.00583. The van der Waals surface area contributed by atoms with Crippen molar-refractivity contribution in [2.24, 2.45) is 7.05 Å². The number of anilines is 1. The molecule has 3 aromatic rings. The Kier molecular flexibility index (Phi) is 4.14. The first-order valence-electron chi connectivity index (χ1n) is 7.28. The van der Waals surface area contributed by atoms with Crippen LogP contribution in [0.3, 0.4) is 0 Å². The second kappa shape index (κ2) is 6.17. The Morgan fingerprint density at radius 1 is 1.31 bits per heavy atom. The van der Waals surface area contributed by atoms with Gasteiger partial charge in [-0.25, -0.2) is 9.78 Å². The highest BCUT2D eigenvalue weighted by Crippen LogP contribution is 2.30. The number of aromatic amines is 1. The zero-order valence-corrected chi connectivity index (χ0v) is 13.3. The number of aromatic nitrogens is 4. The molecule has 0 spiro atoms. The standard InChI is InChI=1S/C15H12F3N5O3/c1-22-13(25)11-12(21-14(22)26)19-7-23(11)6-10(24)20-9-4-2-3-8(5-9)15(16,17)18/h2-5,7H,6H2,1H3,(H,20,24)(H,21,26). The van der Waals surface area contributed by atoms with Gasteiger partial charge in [0.1, 0.15) is 6.54 Å². The van der Waals surface area contributed by atoms with E-state index in [1.54, 1.807) is 0 Å². The van der Waals surface area contributed by atoms with Gasteiger partial charge in [0.2, 0.25) is 5.91 Å². The zero-order valence-electron chi connectivity index (χ0n) is 13.3. The Morgan fingerprint density at radius 2 is 2.04 bits per heavy atom. The number of hydrogen-bond donors (Lipinski definition) is 2. The van der Waals surface area contributed by atoms with E-state index < -0.39 is 28.9 Å². The predicted molar refractivity (Wildman–Crippen MR) is 85.7 cm³/mol. The highest BCUT2D eigenvalue weighted by Gasteiger charge is 2.30. The van der Waals surface area contributed by atoms with Crippen molar-refractivity contribution in [3.63, 3.8) is 0 Å². The zero-order chi connectivity index (χ0) is 19.1. The van der Waals surface area contributed by atoms with Gasteiger partial charge in [0.05, 0.1) is 11.9 Å². The normalized spacial score (nSPS) is 11.7. The SMILES string of the molecule is Cn1c(=O)[nH]c2ncn(CC(=O)Nc3cccc(C(F)(F)F)c3)c2c1=O. The molecule has 0 fully saturated rings. The molecule has 0 aliphatic heterocycles. The van der Waals surface area contributed by atoms with Crippen LogP contribution in [-0.2, 0) is 24.6 Å². The number of fused-ring (bicyclic) bond motifs is 1. The summed E-state index contributed by atoms with van der Waals surface area (Å²) < 4.78 is 40.2. The van der Waals surface area contributed by atoms with E-state index in [1.165, 1.54) is 30.1 Å². The summed E-state index contributed by atoms with van der Waals surface area (Å²) in [5.41, 5.74) is -2.20. The van der Waals surface area contributed by atoms with Crippen LogP contribution >= 0.6 is 0 Å². The summed E-state index contributed by atoms with van der Waals surface area (Å²) in [7, 11) is 1.26. The number of carbonyl (C=O) groups excluding carboxylic acids is 1. The molecule has 0 aliphatic carbocycles. The van der Waals surface area contributed by atoms with Gasteiger partial charge in [-0.15, -0.1) is 0 Å². The van der Waals surface area contributed by atoms with Gasteiger partial charge < -0.3 is 9.88 Å². The maximum Gasteiger partial charge on any atom is 0.416 e. The van der Waals surface area contributed by atoms with Crippen LogP contribution < -0.4 is 16.6 Å². The number of carbonyl (C=O) groups is 1. The minimum Gasteiger partial charge on any atom is -0.325 e. The van der Waals surface area contributed by atoms with Gasteiger partial charge in [0.15, 0.2) is 11.2 Å². The second-order valence-electron chi connectivity index (χ2n) is 5.49. The largest absolute Gasteiger partial charge is 0.416 e. The van der Waals surface area contributed by atoms with Gasteiger partial charge in [0, 0.05) is 12.7 Å². The summed E-state index contributed by atoms with van der Waals surface area (Å²) in [5, 5.41) is 2.33. The highest BCUT2D eigenvalue weighted by molar-refractivity contribution is 5.91. The fourth-order valence-electron chi connectivity index (χ4n) is 2.38. The van der Waals surface area contributed by atoms with Gasteiger partial charge in [-0.05, 0) is 18.2 Å². The lowest BCUT2D eigenvalue weighted by molar-refractivity contribution is -0.137. The van der Waals surface area contributed by atoms with Gasteiger partial charge in [-0.2, -0.15) is 13.2 Å². The van der Waals surface area contributed by atoms with Crippen LogP contribution in [0.2, 0.25) is 0 Å². The van der Waals surface area contributed by atoms with Crippen molar-refractivity contribution >= 4 is 22.8 Å². The first kappa shape index (κ1) is 17.5. The summed E-state index contributed by atoms with van der Waals surface area (Å²) in [6, 6.07) is 4.18. The highest BCUT2D eigenvalue weighted by atomic mass is 19.4. The molecular formula is C15H12F3N5O3. The third-order valence-corrected chi connectivity index (χ3v) is 3.66. The number of imidazole rings is 1. The van der Waals surface area contributed by atoms with Crippen molar-refractivity contribution in [1.29, 1.82) is 0 Å². The number of rotatable bonds is 3. The number of halogens is 3. The number of hydrogen-bond acceptors (Lipinski definition) is 4. The van der Waals surface area contributed by atoms with E-state index in [9.17, 15) is 27.6 Å². The van der Waals surface area contributed by atoms with E-state index >= 15 is 0 Å². The molecule has 0 unspecified atom stereocenters. The van der Waals surface area contributed by atoms with Crippen LogP contribution in [0.1, 0.15) is 5.56 Å². The van der Waals surface area contributed by atoms with Crippen molar-refractivity contribution in [3.05, 3.63) is 57.0 Å². The third-order valence-electron chi connectivity index (χ3n) is 3.66. The van der Waals surface area contributed by atoms with Crippen LogP contribution in [0.4, 0.5) is 18.9 Å². The van der Waals surface area contributed by atoms with Crippen LogP contribution in [-0.4, -0.2) is 25.0 Å². The number of amides is 1. The van der Waals surface area contributed by atoms with Crippen molar-refractivity contribution in [2.75, 3.05) is 5.32 Å². The van der Waals surface area contributed by atoms with E-state index in [0.29, 0.717) is 0 Å². The molecule has 11 heteroatoms. The molecule has 2 heterocycles. The summed E-state index contributed by atoms with van der Waals surface area (Å²) in [5.74, 6) is -0.656. The van der Waals surface area contributed by atoms with Crippen LogP contribution in [0.25, 0.3) is 11.2 Å². The first-order valence-corrected chi connectivity index (χ1v) is 7.28. The molecule has 2 N–H and O–H groups in total. The number of nitrogens with zero attached hydrogens (tertiary/aromatic N) is 3. The predicted octanol–water partition coefficient (Wildman–Crippen LogP) is 1.08. The quantitative estimate of drug-likeness (QED) is 0.723. The van der Waals surface area contributed by atoms with Crippen molar-refractivity contribution in [2.45, 2.75) is 12.7 Å². The molecule has 0 bridgehead atoms. The van der Waals surface area contributed by atoms with Crippen molar-refractivity contribution in [1.82, 2.24) is 19.1 Å². The van der Waals surface area contributed by atoms with E-state index in [4.69, 9.17) is 0 Å². The molecular weight excluding hydrogens is 355 g/mol. The number of alkyl halides is 3. The Hall–Kier alpha value is -3.37. The Labute approximate surface area is 142 Å². The maximum atomic E-state index is 12.7. The summed E-state index contributed by atoms with van der Waals surface area (Å²) in [6.45, 7) is -0.367. The van der Waals surface area contributed by atoms with Crippen molar-refractivity contribution in [3.8, 4) is 0 Å². The maximum absolute atomic E-state index is 12.7. The monoisotopic (exact) mass is 367 g/mol. The number of benzene rings is 1. The lowest BCUT2D eigenvalue weighted by Crippen LogP contribution is -2.33. The van der Waals surface area contributed by atoms with Gasteiger partial charge in [-0.1, -0.05) is 6.07 Å². The fourth-order valence-corrected chi connectivity index (χ4v) is 2.38. The van der Waals surface area contributed by atoms with E-state index in [2.05, 4.69) is 15.3 Å². The van der Waals surface area contributed by atoms with E-state index in [-0.39, 0.29) is 23.4 Å². The molecule has 0 saturated carbocycles. The molecule has 1 aromatic carbocycles. The number of nitrogens with one attached hydrogen (secondary N) is 2. The van der Waals surface area contributed by atoms with Gasteiger partial charge in [-0.3, -0.25) is 19.1 Å². The van der Waals surface area contributed by atoms with Gasteiger partial charge >= 0.3 is 11.9 Å². The lowest BCUT2D eigenvalue weighted by atomic mass is 10.2. The third kappa shape index (κ3) is 3.23. The Morgan fingerprint density at radius 3 is 2.73 bits per heavy atom. The average Bonchev–Trinajstić information content (AvgIpc) is 2.94. The van der Waals surface area contributed by atoms with Crippen LogP contribution in [0.15, 0.2) is 40.2 Å². The molecule has 0 saturated heterocycles. The smallest absolute Gasteiger partial charge is 0.325 e. The van der Waals surface area contributed by atoms with Crippen molar-refractivity contribution < 1.29 is 18.0 Å². The first-order chi connectivity index (χ1) is 12.2. The molecule has 26 heavy (non-hydrogen) atoms. The van der Waals surface area contributed by atoms with Gasteiger partial charge in [0.25, 0.3) is 5.56 Å². The second-order valence-corrected chi connectivity index (χ2v) is 5.49. The minimum atomic E-state index is -4.53. The van der Waals surface area contributed by atoms with Crippen LogP contribution in [0.5, 0.6) is 0 Å².